The summed E-state index contributed by atoms with van der Waals surface area (Å²) in [6.07, 6.45) is 3.98. The molecule has 0 spiro atoms. The summed E-state index contributed by atoms with van der Waals surface area (Å²) in [7, 11) is 0. The van der Waals surface area contributed by atoms with E-state index >= 15 is 0 Å². The van der Waals surface area contributed by atoms with Gasteiger partial charge in [-0.1, -0.05) is 96.5 Å². The van der Waals surface area contributed by atoms with Crippen molar-refractivity contribution >= 4 is 51.9 Å². The van der Waals surface area contributed by atoms with Crippen LogP contribution in [0.5, 0.6) is 11.5 Å². The largest absolute Gasteiger partial charge is 0.490 e. The quantitative estimate of drug-likeness (QED) is 0.154. The molecule has 0 aliphatic carbocycles. The average Bonchev–Trinajstić information content (AvgIpc) is 3.50. The topological polar surface area (TPSA) is 63.2 Å². The molecule has 0 bridgehead atoms. The highest BCUT2D eigenvalue weighted by atomic mass is 35.5. The molecule has 5 aromatic carbocycles. The first-order valence-electron chi connectivity index (χ1n) is 17.5. The first-order valence-corrected chi connectivity index (χ1v) is 18.7. The van der Waals surface area contributed by atoms with Crippen LogP contribution in [0.2, 0.25) is 5.02 Å². The molecule has 0 radical (unpaired) electrons. The molecule has 0 aromatic heterocycles. The molecule has 256 valence electrons. The van der Waals surface area contributed by atoms with Crippen LogP contribution in [-0.4, -0.2) is 30.8 Å². The van der Waals surface area contributed by atoms with Crippen molar-refractivity contribution in [2.45, 2.75) is 38.2 Å². The maximum absolute atomic E-state index is 13.3. The van der Waals surface area contributed by atoms with Gasteiger partial charge < -0.3 is 19.7 Å². The molecular weight excluding hydrogens is 674 g/mol. The summed E-state index contributed by atoms with van der Waals surface area (Å²) < 4.78 is 12.0. The lowest BCUT2D eigenvalue weighted by Gasteiger charge is -2.43. The second-order valence-corrected chi connectivity index (χ2v) is 14.4. The van der Waals surface area contributed by atoms with Crippen LogP contribution in [0.15, 0.2) is 125 Å². The fourth-order valence-electron chi connectivity index (χ4n) is 7.43. The molecule has 0 saturated carbocycles. The minimum Gasteiger partial charge on any atom is -0.490 e. The molecule has 1 saturated heterocycles. The van der Waals surface area contributed by atoms with E-state index in [1.807, 2.05) is 55.5 Å². The van der Waals surface area contributed by atoms with Crippen molar-refractivity contribution in [3.05, 3.63) is 159 Å². The van der Waals surface area contributed by atoms with Gasteiger partial charge in [0.15, 0.2) is 16.7 Å². The fourth-order valence-corrected chi connectivity index (χ4v) is 8.46. The molecule has 1 fully saturated rings. The smallest absolute Gasteiger partial charge is 0.264 e. The molecule has 3 aliphatic rings. The van der Waals surface area contributed by atoms with E-state index in [2.05, 4.69) is 83.0 Å². The summed E-state index contributed by atoms with van der Waals surface area (Å²) >= 11 is 7.69. The number of nitrogens with one attached hydrogen (secondary N) is 1. The standard InChI is InChI=1S/C43H38ClN3O3S/c1-2-49-39-23-28(17-18-38(39)50-27-31-15-9-10-16-37(31)44)24-40-42(48)46-43(51-40)45-32-25-35-33(29-11-5-3-6-12-29)19-21-47-22-20-34(36(26-32)41(35)47)30-13-7-4-8-14-30/h3-18,23-26,33-34H,2,19-22,27H2,1H3,(H,45,46,48)/b40-24-/t33-,34+. The number of hydrogen-bond acceptors (Lipinski definition) is 6. The molecule has 6 nitrogen and oxygen atoms in total. The third-order valence-corrected chi connectivity index (χ3v) is 11.1. The molecule has 3 heterocycles. The highest BCUT2D eigenvalue weighted by Gasteiger charge is 2.35. The van der Waals surface area contributed by atoms with Crippen molar-refractivity contribution in [1.29, 1.82) is 0 Å². The normalized spacial score (nSPS) is 19.6. The molecule has 8 rings (SSSR count). The van der Waals surface area contributed by atoms with Gasteiger partial charge in [0.05, 0.1) is 17.2 Å². The Morgan fingerprint density at radius 1 is 0.824 bits per heavy atom. The Balaban J connectivity index is 1.10. The minimum absolute atomic E-state index is 0.175. The molecule has 2 atom stereocenters. The second-order valence-electron chi connectivity index (χ2n) is 13.0. The Morgan fingerprint density at radius 2 is 1.47 bits per heavy atom. The van der Waals surface area contributed by atoms with Gasteiger partial charge in [0.2, 0.25) is 0 Å². The second kappa shape index (κ2) is 14.7. The number of thioether (sulfide) groups is 1. The van der Waals surface area contributed by atoms with Crippen molar-refractivity contribution in [2.75, 3.05) is 24.6 Å². The summed E-state index contributed by atoms with van der Waals surface area (Å²) in [4.78, 5) is 21.5. The summed E-state index contributed by atoms with van der Waals surface area (Å²) in [5, 5.41) is 4.24. The molecule has 0 unspecified atom stereocenters. The van der Waals surface area contributed by atoms with Gasteiger partial charge in [-0.15, -0.1) is 0 Å². The van der Waals surface area contributed by atoms with Gasteiger partial charge in [0.1, 0.15) is 6.61 Å². The summed E-state index contributed by atoms with van der Waals surface area (Å²) in [5.74, 6) is 1.61. The number of carbonyl (C=O) groups is 1. The Labute approximate surface area is 308 Å². The predicted molar refractivity (Wildman–Crippen MR) is 209 cm³/mol. The molecule has 1 amide bonds. The van der Waals surface area contributed by atoms with E-state index in [0.29, 0.717) is 39.8 Å². The number of hydrogen-bond donors (Lipinski definition) is 1. The van der Waals surface area contributed by atoms with Crippen molar-refractivity contribution < 1.29 is 14.3 Å². The first-order chi connectivity index (χ1) is 25.0. The van der Waals surface area contributed by atoms with Gasteiger partial charge in [0.25, 0.3) is 5.91 Å². The fraction of sp³-hybridized carbons (Fsp3) is 0.209. The van der Waals surface area contributed by atoms with Gasteiger partial charge >= 0.3 is 0 Å². The lowest BCUT2D eigenvalue weighted by molar-refractivity contribution is -0.115. The van der Waals surface area contributed by atoms with Crippen LogP contribution in [0.4, 0.5) is 11.4 Å². The maximum Gasteiger partial charge on any atom is 0.264 e. The van der Waals surface area contributed by atoms with E-state index in [4.69, 9.17) is 26.1 Å². The highest BCUT2D eigenvalue weighted by Crippen LogP contribution is 2.50. The van der Waals surface area contributed by atoms with E-state index in [1.165, 1.54) is 39.7 Å². The maximum atomic E-state index is 13.3. The van der Waals surface area contributed by atoms with E-state index in [1.54, 1.807) is 0 Å². The third-order valence-electron chi connectivity index (χ3n) is 9.79. The number of nitrogens with zero attached hydrogens (tertiary/aromatic N) is 2. The van der Waals surface area contributed by atoms with Gasteiger partial charge in [-0.3, -0.25) is 4.79 Å². The molecule has 1 N–H and O–H groups in total. The number of carbonyl (C=O) groups excluding carboxylic acids is 1. The Kier molecular flexibility index (Phi) is 9.57. The van der Waals surface area contributed by atoms with E-state index in [0.717, 1.165) is 42.7 Å². The number of ether oxygens (including phenoxy) is 2. The molecule has 51 heavy (non-hydrogen) atoms. The van der Waals surface area contributed by atoms with Gasteiger partial charge in [-0.2, -0.15) is 0 Å². The number of halogens is 1. The van der Waals surface area contributed by atoms with Crippen molar-refractivity contribution in [3.63, 3.8) is 0 Å². The number of amidine groups is 1. The number of rotatable bonds is 9. The summed E-state index contributed by atoms with van der Waals surface area (Å²) in [6.45, 7) is 4.80. The van der Waals surface area contributed by atoms with Crippen LogP contribution in [0.3, 0.4) is 0 Å². The summed E-state index contributed by atoms with van der Waals surface area (Å²) in [6, 6.07) is 39.4. The van der Waals surface area contributed by atoms with Crippen LogP contribution in [-0.2, 0) is 11.4 Å². The van der Waals surface area contributed by atoms with Crippen molar-refractivity contribution in [3.8, 4) is 11.5 Å². The lowest BCUT2D eigenvalue weighted by Crippen LogP contribution is -2.37. The Bertz CT molecular complexity index is 2060. The van der Waals surface area contributed by atoms with Crippen molar-refractivity contribution in [1.82, 2.24) is 5.32 Å². The van der Waals surface area contributed by atoms with Crippen LogP contribution in [0.25, 0.3) is 6.08 Å². The number of aliphatic imine (C=N–C) groups is 1. The minimum atomic E-state index is -0.175. The number of amides is 1. The van der Waals surface area contributed by atoms with E-state index < -0.39 is 0 Å². The van der Waals surface area contributed by atoms with Gasteiger partial charge in [-0.25, -0.2) is 4.99 Å². The molecule has 5 aromatic rings. The van der Waals surface area contributed by atoms with Gasteiger partial charge in [-0.05, 0) is 95.8 Å². The molecule has 3 aliphatic heterocycles. The van der Waals surface area contributed by atoms with Gasteiger partial charge in [0, 0.05) is 41.2 Å². The number of anilines is 1. The zero-order valence-electron chi connectivity index (χ0n) is 28.3. The lowest BCUT2D eigenvalue weighted by atomic mass is 9.76. The number of benzene rings is 5. The SMILES string of the molecule is CCOc1cc(/C=C2\SC(=Nc3cc4c5c(c3)[C@H](c3ccccc3)CCN5CC[C@@H]4c3ccccc3)NC2=O)ccc1OCc1ccccc1Cl. The van der Waals surface area contributed by atoms with E-state index in [9.17, 15) is 4.79 Å². The third kappa shape index (κ3) is 7.01. The van der Waals surface area contributed by atoms with E-state index in [-0.39, 0.29) is 17.7 Å². The predicted octanol–water partition coefficient (Wildman–Crippen LogP) is 10.1. The zero-order chi connectivity index (χ0) is 34.7. The monoisotopic (exact) mass is 711 g/mol. The first kappa shape index (κ1) is 33.2. The molecule has 8 heteroatoms. The highest BCUT2D eigenvalue weighted by molar-refractivity contribution is 8.18. The zero-order valence-corrected chi connectivity index (χ0v) is 29.9. The van der Waals surface area contributed by atoms with Crippen LogP contribution in [0.1, 0.15) is 65.0 Å². The van der Waals surface area contributed by atoms with Crippen molar-refractivity contribution in [2.24, 2.45) is 4.99 Å². The van der Waals surface area contributed by atoms with Crippen LogP contribution in [0, 0.1) is 0 Å². The van der Waals surface area contributed by atoms with Crippen LogP contribution >= 0.6 is 23.4 Å². The molecular formula is C43H38ClN3O3S. The Morgan fingerprint density at radius 3 is 2.12 bits per heavy atom. The Hall–Kier alpha value is -4.98. The average molecular weight is 712 g/mol. The summed E-state index contributed by atoms with van der Waals surface area (Å²) in [5.41, 5.74) is 9.22. The van der Waals surface area contributed by atoms with Crippen LogP contribution < -0.4 is 19.7 Å².